The normalized spacial score (nSPS) is 26.7. The van der Waals surface area contributed by atoms with Gasteiger partial charge in [-0.1, -0.05) is 0 Å². The minimum atomic E-state index is -4.30. The maximum atomic E-state index is 12.3. The van der Waals surface area contributed by atoms with Gasteiger partial charge in [-0.05, 0) is 40.5 Å². The van der Waals surface area contributed by atoms with Crippen LogP contribution in [0.25, 0.3) is 0 Å². The molecule has 0 spiro atoms. The summed E-state index contributed by atoms with van der Waals surface area (Å²) in [4.78, 5) is 0. The Bertz CT molecular complexity index is 276. The maximum Gasteiger partial charge on any atom is 0.414 e. The first kappa shape index (κ1) is 16.7. The van der Waals surface area contributed by atoms with Gasteiger partial charge in [0.05, 0.1) is 18.8 Å². The number of hydrogen-bond acceptors (Lipinski definition) is 3. The van der Waals surface area contributed by atoms with Crippen molar-refractivity contribution in [2.45, 2.75) is 70.6 Å². The van der Waals surface area contributed by atoms with Gasteiger partial charge in [-0.3, -0.25) is 0 Å². The fraction of sp³-hybridized carbons (Fsp3) is 1.00. The van der Waals surface area contributed by atoms with Crippen LogP contribution in [0.2, 0.25) is 0 Å². The first-order valence-electron chi connectivity index (χ1n) is 6.67. The maximum absolute atomic E-state index is 12.3. The molecule has 3 nitrogen and oxygen atoms in total. The molecule has 3 atom stereocenters. The number of alkyl halides is 3. The molecule has 19 heavy (non-hydrogen) atoms. The summed E-state index contributed by atoms with van der Waals surface area (Å²) in [6.07, 6.45) is -4.59. The molecule has 6 heteroatoms. The highest BCUT2D eigenvalue weighted by atomic mass is 19.4. The van der Waals surface area contributed by atoms with E-state index in [-0.39, 0.29) is 24.4 Å². The van der Waals surface area contributed by atoms with Crippen LogP contribution >= 0.6 is 0 Å². The summed E-state index contributed by atoms with van der Waals surface area (Å²) in [7, 11) is 0. The zero-order valence-corrected chi connectivity index (χ0v) is 12.0. The molecule has 114 valence electrons. The Morgan fingerprint density at radius 1 is 1.21 bits per heavy atom. The van der Waals surface area contributed by atoms with E-state index in [1.54, 1.807) is 0 Å². The van der Waals surface area contributed by atoms with Crippen LogP contribution in [0.4, 0.5) is 13.2 Å². The molecule has 1 aliphatic rings. The molecule has 0 saturated carbocycles. The highest BCUT2D eigenvalue weighted by Gasteiger charge is 2.38. The minimum Gasteiger partial charge on any atom is -0.371 e. The number of rotatable bonds is 5. The van der Waals surface area contributed by atoms with Crippen LogP contribution in [0.1, 0.15) is 40.5 Å². The summed E-state index contributed by atoms with van der Waals surface area (Å²) in [6, 6.07) is 0. The molecule has 1 saturated heterocycles. The van der Waals surface area contributed by atoms with Crippen molar-refractivity contribution < 1.29 is 22.6 Å². The van der Waals surface area contributed by atoms with Gasteiger partial charge in [0.2, 0.25) is 0 Å². The molecule has 1 aliphatic heterocycles. The Kier molecular flexibility index (Phi) is 5.65. The Morgan fingerprint density at radius 3 is 2.32 bits per heavy atom. The van der Waals surface area contributed by atoms with E-state index in [9.17, 15) is 13.2 Å². The van der Waals surface area contributed by atoms with Crippen molar-refractivity contribution in [2.75, 3.05) is 13.2 Å². The molecule has 0 aromatic carbocycles. The van der Waals surface area contributed by atoms with Crippen LogP contribution in [0.5, 0.6) is 0 Å². The van der Waals surface area contributed by atoms with Gasteiger partial charge in [0.15, 0.2) is 6.10 Å². The third kappa shape index (κ3) is 6.58. The number of hydrogen-bond donors (Lipinski definition) is 1. The zero-order chi connectivity index (χ0) is 14.7. The lowest BCUT2D eigenvalue weighted by Gasteiger charge is -2.23. The van der Waals surface area contributed by atoms with Crippen molar-refractivity contribution in [3.05, 3.63) is 0 Å². The van der Waals surface area contributed by atoms with Crippen LogP contribution in [0, 0.1) is 0 Å². The van der Waals surface area contributed by atoms with Crippen molar-refractivity contribution >= 4 is 0 Å². The third-order valence-corrected chi connectivity index (χ3v) is 3.05. The lowest BCUT2D eigenvalue weighted by molar-refractivity contribution is -0.220. The van der Waals surface area contributed by atoms with E-state index >= 15 is 0 Å². The first-order chi connectivity index (χ1) is 8.58. The molecule has 0 aromatic heterocycles. The van der Waals surface area contributed by atoms with E-state index in [0.29, 0.717) is 0 Å². The van der Waals surface area contributed by atoms with Gasteiger partial charge < -0.3 is 14.8 Å². The molecule has 1 N–H and O–H groups in total. The van der Waals surface area contributed by atoms with Crippen molar-refractivity contribution in [3.63, 3.8) is 0 Å². The third-order valence-electron chi connectivity index (χ3n) is 3.05. The summed E-state index contributed by atoms with van der Waals surface area (Å²) in [5.74, 6) is 0. The van der Waals surface area contributed by atoms with E-state index in [2.05, 4.69) is 26.1 Å². The van der Waals surface area contributed by atoms with Gasteiger partial charge in [-0.15, -0.1) is 0 Å². The summed E-state index contributed by atoms with van der Waals surface area (Å²) < 4.78 is 47.3. The monoisotopic (exact) mass is 283 g/mol. The quantitative estimate of drug-likeness (QED) is 0.841. The van der Waals surface area contributed by atoms with Crippen molar-refractivity contribution in [3.8, 4) is 0 Å². The van der Waals surface area contributed by atoms with Crippen molar-refractivity contribution in [2.24, 2.45) is 0 Å². The Labute approximate surface area is 112 Å². The second kappa shape index (κ2) is 6.41. The predicted octanol–water partition coefficient (Wildman–Crippen LogP) is 2.89. The van der Waals surface area contributed by atoms with Gasteiger partial charge in [0.1, 0.15) is 0 Å². The molecular formula is C13H24F3NO2. The number of nitrogens with one attached hydrogen (secondary N) is 1. The molecular weight excluding hydrogens is 259 g/mol. The van der Waals surface area contributed by atoms with Gasteiger partial charge in [0, 0.05) is 12.1 Å². The predicted molar refractivity (Wildman–Crippen MR) is 67.1 cm³/mol. The Balaban J connectivity index is 2.22. The summed E-state index contributed by atoms with van der Waals surface area (Å²) in [5.41, 5.74) is 0.0166. The van der Waals surface area contributed by atoms with E-state index in [1.807, 2.05) is 0 Å². The van der Waals surface area contributed by atoms with Crippen LogP contribution in [0.15, 0.2) is 0 Å². The Morgan fingerprint density at radius 2 is 1.79 bits per heavy atom. The van der Waals surface area contributed by atoms with Gasteiger partial charge in [0.25, 0.3) is 0 Å². The molecule has 0 amide bonds. The largest absolute Gasteiger partial charge is 0.414 e. The highest BCUT2D eigenvalue weighted by Crippen LogP contribution is 2.25. The SMILES string of the molecule is CC(OCC1CCC(CNC(C)(C)C)O1)C(F)(F)F. The van der Waals surface area contributed by atoms with E-state index in [1.165, 1.54) is 0 Å². The standard InChI is InChI=1S/C13H24F3NO2/c1-9(13(14,15)16)18-8-11-6-5-10(19-11)7-17-12(2,3)4/h9-11,17H,5-8H2,1-4H3. The molecule has 0 bridgehead atoms. The average Bonchev–Trinajstić information content (AvgIpc) is 2.68. The van der Waals surface area contributed by atoms with Crippen LogP contribution < -0.4 is 5.32 Å². The minimum absolute atomic E-state index is 0.00664. The zero-order valence-electron chi connectivity index (χ0n) is 12.0. The molecule has 1 heterocycles. The lowest BCUT2D eigenvalue weighted by atomic mass is 10.1. The average molecular weight is 283 g/mol. The Hall–Kier alpha value is -0.330. The lowest BCUT2D eigenvalue weighted by Crippen LogP contribution is -2.41. The molecule has 1 rings (SSSR count). The van der Waals surface area contributed by atoms with Gasteiger partial charge in [-0.2, -0.15) is 13.2 Å². The van der Waals surface area contributed by atoms with Gasteiger partial charge in [-0.25, -0.2) is 0 Å². The van der Waals surface area contributed by atoms with Crippen LogP contribution in [-0.2, 0) is 9.47 Å². The second-order valence-electron chi connectivity index (χ2n) is 6.11. The van der Waals surface area contributed by atoms with Crippen molar-refractivity contribution in [1.82, 2.24) is 5.32 Å². The molecule has 0 radical (unpaired) electrons. The van der Waals surface area contributed by atoms with Gasteiger partial charge >= 0.3 is 6.18 Å². The van der Waals surface area contributed by atoms with E-state index in [0.717, 1.165) is 26.3 Å². The second-order valence-corrected chi connectivity index (χ2v) is 6.11. The summed E-state index contributed by atoms with van der Waals surface area (Å²) in [5, 5.41) is 3.33. The molecule has 0 aromatic rings. The summed E-state index contributed by atoms with van der Waals surface area (Å²) in [6.45, 7) is 7.93. The first-order valence-corrected chi connectivity index (χ1v) is 6.67. The van der Waals surface area contributed by atoms with Crippen LogP contribution in [-0.4, -0.2) is 43.2 Å². The highest BCUT2D eigenvalue weighted by molar-refractivity contribution is 4.79. The van der Waals surface area contributed by atoms with Crippen molar-refractivity contribution in [1.29, 1.82) is 0 Å². The smallest absolute Gasteiger partial charge is 0.371 e. The topological polar surface area (TPSA) is 30.5 Å². The van der Waals surface area contributed by atoms with E-state index < -0.39 is 12.3 Å². The molecule has 3 unspecified atom stereocenters. The molecule has 1 fully saturated rings. The van der Waals surface area contributed by atoms with Crippen LogP contribution in [0.3, 0.4) is 0 Å². The number of ether oxygens (including phenoxy) is 2. The fourth-order valence-corrected chi connectivity index (χ4v) is 1.82. The number of halogens is 3. The summed E-state index contributed by atoms with van der Waals surface area (Å²) >= 11 is 0. The van der Waals surface area contributed by atoms with E-state index in [4.69, 9.17) is 9.47 Å². The fourth-order valence-electron chi connectivity index (χ4n) is 1.82. The molecule has 0 aliphatic carbocycles.